The van der Waals surface area contributed by atoms with Gasteiger partial charge in [-0.15, -0.1) is 0 Å². The van der Waals surface area contributed by atoms with Crippen LogP contribution in [0.25, 0.3) is 0 Å². The van der Waals surface area contributed by atoms with Crippen molar-refractivity contribution in [2.45, 2.75) is 13.0 Å². The van der Waals surface area contributed by atoms with Crippen LogP contribution in [-0.2, 0) is 0 Å². The molecule has 21 heavy (non-hydrogen) atoms. The summed E-state index contributed by atoms with van der Waals surface area (Å²) in [5, 5.41) is 9.35. The topological polar surface area (TPSA) is 76.0 Å². The first-order valence-electron chi connectivity index (χ1n) is 6.67. The van der Waals surface area contributed by atoms with Gasteiger partial charge in [-0.1, -0.05) is 30.3 Å². The monoisotopic (exact) mass is 286 g/mol. The molecule has 0 aliphatic heterocycles. The van der Waals surface area contributed by atoms with Crippen molar-refractivity contribution in [3.05, 3.63) is 53.3 Å². The predicted octanol–water partition coefficient (Wildman–Crippen LogP) is 1.21. The average molecular weight is 286 g/mol. The van der Waals surface area contributed by atoms with Crippen molar-refractivity contribution in [2.24, 2.45) is 0 Å². The Hall–Kier alpha value is -2.63. The zero-order chi connectivity index (χ0) is 15.4. The number of hydrogen-bond donors (Lipinski definition) is 2. The molecule has 0 spiro atoms. The number of amides is 2. The van der Waals surface area contributed by atoms with E-state index in [1.807, 2.05) is 37.3 Å². The molecule has 110 valence electrons. The molecule has 0 saturated heterocycles. The fourth-order valence-corrected chi connectivity index (χ4v) is 2.10. The largest absolute Gasteiger partial charge is 0.354 e. The maximum atomic E-state index is 12.0. The minimum absolute atomic E-state index is 0.156. The summed E-state index contributed by atoms with van der Waals surface area (Å²) in [7, 11) is 3.08. The van der Waals surface area contributed by atoms with E-state index >= 15 is 0 Å². The first-order valence-corrected chi connectivity index (χ1v) is 6.67. The van der Waals surface area contributed by atoms with Gasteiger partial charge in [-0.3, -0.25) is 14.3 Å². The van der Waals surface area contributed by atoms with Gasteiger partial charge < -0.3 is 10.6 Å². The van der Waals surface area contributed by atoms with Crippen molar-refractivity contribution >= 4 is 11.8 Å². The van der Waals surface area contributed by atoms with Crippen LogP contribution in [0.4, 0.5) is 0 Å². The molecule has 2 amide bonds. The number of nitrogens with zero attached hydrogens (tertiary/aromatic N) is 2. The van der Waals surface area contributed by atoms with Gasteiger partial charge in [-0.05, 0) is 12.5 Å². The van der Waals surface area contributed by atoms with Crippen LogP contribution in [0, 0.1) is 0 Å². The van der Waals surface area contributed by atoms with E-state index in [-0.39, 0.29) is 23.6 Å². The second-order valence-corrected chi connectivity index (χ2v) is 4.60. The molecule has 1 atom stereocenters. The van der Waals surface area contributed by atoms with Gasteiger partial charge in [-0.2, -0.15) is 5.10 Å². The summed E-state index contributed by atoms with van der Waals surface area (Å²) >= 11 is 0. The van der Waals surface area contributed by atoms with Crippen molar-refractivity contribution in [1.29, 1.82) is 0 Å². The van der Waals surface area contributed by atoms with Gasteiger partial charge in [0.15, 0.2) is 5.69 Å². The summed E-state index contributed by atoms with van der Waals surface area (Å²) in [6.45, 7) is 1.93. The average Bonchev–Trinajstić information content (AvgIpc) is 2.98. The van der Waals surface area contributed by atoms with Crippen LogP contribution in [0.3, 0.4) is 0 Å². The standard InChI is InChI=1S/C15H18N4O2/c1-10(11-7-5-4-6-8-11)19-13(15(21)17-3)9-12(18-19)14(20)16-2/h4-10H,1-3H3,(H,16,20)(H,17,21). The number of hydrogen-bond acceptors (Lipinski definition) is 3. The van der Waals surface area contributed by atoms with Crippen LogP contribution >= 0.6 is 0 Å². The lowest BCUT2D eigenvalue weighted by molar-refractivity contribution is 0.0945. The molecule has 0 bridgehead atoms. The van der Waals surface area contributed by atoms with Gasteiger partial charge in [0.25, 0.3) is 11.8 Å². The highest BCUT2D eigenvalue weighted by Crippen LogP contribution is 2.20. The number of carbonyl (C=O) groups is 2. The summed E-state index contributed by atoms with van der Waals surface area (Å²) < 4.78 is 1.57. The second kappa shape index (κ2) is 6.21. The highest BCUT2D eigenvalue weighted by molar-refractivity contribution is 5.97. The van der Waals surface area contributed by atoms with E-state index in [9.17, 15) is 9.59 Å². The lowest BCUT2D eigenvalue weighted by atomic mass is 10.1. The summed E-state index contributed by atoms with van der Waals surface area (Å²) in [6.07, 6.45) is 0. The molecule has 1 unspecified atom stereocenters. The fraction of sp³-hybridized carbons (Fsp3) is 0.267. The Balaban J connectivity index is 2.48. The molecule has 0 radical (unpaired) electrons. The molecule has 1 heterocycles. The summed E-state index contributed by atoms with van der Waals surface area (Å²) in [5.41, 5.74) is 1.58. The number of rotatable bonds is 4. The van der Waals surface area contributed by atoms with Crippen LogP contribution in [0.2, 0.25) is 0 Å². The summed E-state index contributed by atoms with van der Waals surface area (Å²) in [4.78, 5) is 23.7. The van der Waals surface area contributed by atoms with Crippen LogP contribution < -0.4 is 10.6 Å². The van der Waals surface area contributed by atoms with Gasteiger partial charge in [0.1, 0.15) is 5.69 Å². The molecule has 0 fully saturated rings. The van der Waals surface area contributed by atoms with Crippen molar-refractivity contribution in [1.82, 2.24) is 20.4 Å². The van der Waals surface area contributed by atoms with E-state index in [4.69, 9.17) is 0 Å². The van der Waals surface area contributed by atoms with Gasteiger partial charge in [0.05, 0.1) is 6.04 Å². The number of aromatic nitrogens is 2. The number of nitrogens with one attached hydrogen (secondary N) is 2. The molecule has 2 N–H and O–H groups in total. The molecular formula is C15H18N4O2. The van der Waals surface area contributed by atoms with Gasteiger partial charge in [0, 0.05) is 20.2 Å². The van der Waals surface area contributed by atoms with E-state index in [0.29, 0.717) is 5.69 Å². The normalized spacial score (nSPS) is 11.8. The highest BCUT2D eigenvalue weighted by Gasteiger charge is 2.21. The quantitative estimate of drug-likeness (QED) is 0.887. The molecule has 6 heteroatoms. The highest BCUT2D eigenvalue weighted by atomic mass is 16.2. The van der Waals surface area contributed by atoms with Gasteiger partial charge >= 0.3 is 0 Å². The van der Waals surface area contributed by atoms with Gasteiger partial charge in [-0.25, -0.2) is 0 Å². The van der Waals surface area contributed by atoms with E-state index in [2.05, 4.69) is 15.7 Å². The molecule has 1 aromatic heterocycles. The summed E-state index contributed by atoms with van der Waals surface area (Å²) in [6, 6.07) is 11.0. The zero-order valence-corrected chi connectivity index (χ0v) is 12.3. The first-order chi connectivity index (χ1) is 10.1. The SMILES string of the molecule is CNC(=O)c1cc(C(=O)NC)n(C(C)c2ccccc2)n1. The van der Waals surface area contributed by atoms with Crippen molar-refractivity contribution in [2.75, 3.05) is 14.1 Å². The lowest BCUT2D eigenvalue weighted by Gasteiger charge is -2.15. The predicted molar refractivity (Wildman–Crippen MR) is 79.3 cm³/mol. The third-order valence-electron chi connectivity index (χ3n) is 3.30. The summed E-state index contributed by atoms with van der Waals surface area (Å²) in [5.74, 6) is -0.598. The lowest BCUT2D eigenvalue weighted by Crippen LogP contribution is -2.24. The van der Waals surface area contributed by atoms with E-state index in [1.165, 1.54) is 13.1 Å². The Morgan fingerprint density at radius 3 is 2.29 bits per heavy atom. The van der Waals surface area contributed by atoms with Crippen molar-refractivity contribution in [3.63, 3.8) is 0 Å². The number of benzene rings is 1. The number of carbonyl (C=O) groups excluding carboxylic acids is 2. The Labute approximate surface area is 123 Å². The minimum Gasteiger partial charge on any atom is -0.354 e. The minimum atomic E-state index is -0.320. The van der Waals surface area contributed by atoms with Crippen LogP contribution in [-0.4, -0.2) is 35.7 Å². The molecule has 0 saturated carbocycles. The maximum Gasteiger partial charge on any atom is 0.271 e. The third-order valence-corrected chi connectivity index (χ3v) is 3.30. The third kappa shape index (κ3) is 2.94. The molecular weight excluding hydrogens is 268 g/mol. The molecule has 6 nitrogen and oxygen atoms in total. The van der Waals surface area contributed by atoms with Crippen molar-refractivity contribution < 1.29 is 9.59 Å². The molecule has 2 rings (SSSR count). The van der Waals surface area contributed by atoms with Crippen molar-refractivity contribution in [3.8, 4) is 0 Å². The molecule has 2 aromatic rings. The van der Waals surface area contributed by atoms with Crippen LogP contribution in [0.15, 0.2) is 36.4 Å². The molecule has 1 aromatic carbocycles. The van der Waals surface area contributed by atoms with E-state index in [0.717, 1.165) is 5.56 Å². The zero-order valence-electron chi connectivity index (χ0n) is 12.3. The van der Waals surface area contributed by atoms with Crippen LogP contribution in [0.5, 0.6) is 0 Å². The van der Waals surface area contributed by atoms with Gasteiger partial charge in [0.2, 0.25) is 0 Å². The smallest absolute Gasteiger partial charge is 0.271 e. The Kier molecular flexibility index (Phi) is 4.37. The second-order valence-electron chi connectivity index (χ2n) is 4.60. The van der Waals surface area contributed by atoms with Crippen LogP contribution in [0.1, 0.15) is 39.5 Å². The van der Waals surface area contributed by atoms with E-state index < -0.39 is 0 Å². The Bertz CT molecular complexity index is 649. The van der Waals surface area contributed by atoms with E-state index in [1.54, 1.807) is 11.7 Å². The Morgan fingerprint density at radius 1 is 1.10 bits per heavy atom. The maximum absolute atomic E-state index is 12.0. The molecule has 0 aliphatic rings. The first kappa shape index (κ1) is 14.8. The Morgan fingerprint density at radius 2 is 1.71 bits per heavy atom. The molecule has 0 aliphatic carbocycles. The fourth-order valence-electron chi connectivity index (χ4n) is 2.10.